The molecule has 0 radical (unpaired) electrons. The van der Waals surface area contributed by atoms with E-state index in [1.165, 1.54) is 0 Å². The Labute approximate surface area is 83.2 Å². The van der Waals surface area contributed by atoms with E-state index in [-0.39, 0.29) is 12.8 Å². The van der Waals surface area contributed by atoms with Crippen LogP contribution in [0.2, 0.25) is 0 Å². The maximum atomic E-state index is 11.1. The number of carboxylic acid groups (broad SMARTS) is 1. The van der Waals surface area contributed by atoms with Crippen LogP contribution in [-0.2, 0) is 14.3 Å². The second-order valence-corrected chi connectivity index (χ2v) is 3.06. The topological polar surface area (TPSA) is 89.6 Å². The number of carbonyl (C=O) groups excluding carboxylic acids is 1. The van der Waals surface area contributed by atoms with Gasteiger partial charge in [-0.05, 0) is 12.8 Å². The van der Waals surface area contributed by atoms with Crippen LogP contribution in [0.5, 0.6) is 0 Å². The average molecular weight is 203 g/mol. The smallest absolute Gasteiger partial charge is 0.322 e. The van der Waals surface area contributed by atoms with Crippen LogP contribution in [0.1, 0.15) is 32.6 Å². The van der Waals surface area contributed by atoms with Crippen LogP contribution in [-0.4, -0.2) is 29.7 Å². The second-order valence-electron chi connectivity index (χ2n) is 3.06. The minimum atomic E-state index is -0.957. The maximum Gasteiger partial charge on any atom is 0.322 e. The fourth-order valence-electron chi connectivity index (χ4n) is 0.821. The molecule has 3 N–H and O–H groups in total. The first-order valence-corrected chi connectivity index (χ1v) is 4.72. The van der Waals surface area contributed by atoms with Gasteiger partial charge in [-0.15, -0.1) is 0 Å². The van der Waals surface area contributed by atoms with E-state index < -0.39 is 18.0 Å². The van der Waals surface area contributed by atoms with Gasteiger partial charge in [0.15, 0.2) is 0 Å². The number of hydrogen-bond acceptors (Lipinski definition) is 4. The summed E-state index contributed by atoms with van der Waals surface area (Å²) in [6, 6.07) is -0.817. The molecular formula is C9H17NO4. The van der Waals surface area contributed by atoms with Crippen LogP contribution in [0.4, 0.5) is 0 Å². The van der Waals surface area contributed by atoms with Crippen LogP contribution >= 0.6 is 0 Å². The highest BCUT2D eigenvalue weighted by Crippen LogP contribution is 1.98. The monoisotopic (exact) mass is 203 g/mol. The van der Waals surface area contributed by atoms with E-state index in [9.17, 15) is 9.59 Å². The molecule has 0 aromatic carbocycles. The third kappa shape index (κ3) is 6.42. The molecule has 5 heteroatoms. The van der Waals surface area contributed by atoms with Gasteiger partial charge in [-0.2, -0.15) is 0 Å². The Morgan fingerprint density at radius 1 is 1.50 bits per heavy atom. The molecule has 0 aliphatic rings. The van der Waals surface area contributed by atoms with Gasteiger partial charge < -0.3 is 15.6 Å². The number of hydrogen-bond donors (Lipinski definition) is 2. The summed E-state index contributed by atoms with van der Waals surface area (Å²) in [5.41, 5.74) is 5.41. The van der Waals surface area contributed by atoms with Gasteiger partial charge in [0.2, 0.25) is 0 Å². The maximum absolute atomic E-state index is 11.1. The van der Waals surface area contributed by atoms with Crippen LogP contribution in [0.15, 0.2) is 0 Å². The van der Waals surface area contributed by atoms with Gasteiger partial charge in [0.25, 0.3) is 0 Å². The predicted molar refractivity (Wildman–Crippen MR) is 50.7 cm³/mol. The molecule has 0 unspecified atom stereocenters. The Kier molecular flexibility index (Phi) is 6.74. The molecule has 0 fully saturated rings. The van der Waals surface area contributed by atoms with Gasteiger partial charge in [0, 0.05) is 6.42 Å². The molecule has 0 saturated carbocycles. The summed E-state index contributed by atoms with van der Waals surface area (Å²) < 4.78 is 4.82. The Morgan fingerprint density at radius 2 is 2.14 bits per heavy atom. The van der Waals surface area contributed by atoms with E-state index >= 15 is 0 Å². The van der Waals surface area contributed by atoms with Crippen molar-refractivity contribution in [2.75, 3.05) is 6.61 Å². The number of rotatable bonds is 7. The highest BCUT2D eigenvalue weighted by molar-refractivity contribution is 5.76. The summed E-state index contributed by atoms with van der Waals surface area (Å²) in [6.45, 7) is 2.34. The van der Waals surface area contributed by atoms with Gasteiger partial charge in [-0.1, -0.05) is 13.3 Å². The van der Waals surface area contributed by atoms with Gasteiger partial charge in [0.1, 0.15) is 6.04 Å². The number of carbonyl (C=O) groups is 2. The van der Waals surface area contributed by atoms with Crippen molar-refractivity contribution in [1.29, 1.82) is 0 Å². The lowest BCUT2D eigenvalue weighted by molar-refractivity contribution is -0.145. The lowest BCUT2D eigenvalue weighted by atomic mass is 10.2. The number of aliphatic carboxylic acids is 1. The molecule has 0 rings (SSSR count). The van der Waals surface area contributed by atoms with Gasteiger partial charge >= 0.3 is 11.9 Å². The number of esters is 1. The molecule has 0 aromatic heterocycles. The SMILES string of the molecule is CCCCOC(=O)[C@@H](N)CCC(=O)O. The number of ether oxygens (including phenoxy) is 1. The lowest BCUT2D eigenvalue weighted by Crippen LogP contribution is -2.33. The molecule has 0 amide bonds. The standard InChI is InChI=1S/C9H17NO4/c1-2-3-6-14-9(13)7(10)4-5-8(11)12/h7H,2-6,10H2,1H3,(H,11,12)/t7-/m0/s1. The van der Waals surface area contributed by atoms with E-state index in [0.717, 1.165) is 12.8 Å². The van der Waals surface area contributed by atoms with Crippen molar-refractivity contribution in [1.82, 2.24) is 0 Å². The number of carboxylic acids is 1. The first kappa shape index (κ1) is 12.9. The third-order valence-electron chi connectivity index (χ3n) is 1.71. The molecule has 0 heterocycles. The Hall–Kier alpha value is -1.10. The average Bonchev–Trinajstić information content (AvgIpc) is 2.14. The van der Waals surface area contributed by atoms with E-state index in [2.05, 4.69) is 0 Å². The molecule has 14 heavy (non-hydrogen) atoms. The summed E-state index contributed by atoms with van der Waals surface area (Å²) in [5.74, 6) is -1.47. The molecule has 1 atom stereocenters. The van der Waals surface area contributed by atoms with E-state index in [4.69, 9.17) is 15.6 Å². The molecule has 0 bridgehead atoms. The highest BCUT2D eigenvalue weighted by atomic mass is 16.5. The Balaban J connectivity index is 3.59. The summed E-state index contributed by atoms with van der Waals surface area (Å²) in [6.07, 6.45) is 1.76. The fourth-order valence-corrected chi connectivity index (χ4v) is 0.821. The van der Waals surface area contributed by atoms with E-state index in [0.29, 0.717) is 6.61 Å². The lowest BCUT2D eigenvalue weighted by Gasteiger charge is -2.09. The summed E-state index contributed by atoms with van der Waals surface area (Å²) in [5, 5.41) is 8.35. The van der Waals surface area contributed by atoms with E-state index in [1.54, 1.807) is 0 Å². The van der Waals surface area contributed by atoms with Crippen molar-refractivity contribution >= 4 is 11.9 Å². The summed E-state index contributed by atoms with van der Waals surface area (Å²) in [4.78, 5) is 21.3. The van der Waals surface area contributed by atoms with Crippen molar-refractivity contribution in [3.63, 3.8) is 0 Å². The first-order valence-electron chi connectivity index (χ1n) is 4.72. The van der Waals surface area contributed by atoms with Crippen LogP contribution in [0.3, 0.4) is 0 Å². The molecular weight excluding hydrogens is 186 g/mol. The zero-order valence-corrected chi connectivity index (χ0v) is 8.36. The fraction of sp³-hybridized carbons (Fsp3) is 0.778. The zero-order chi connectivity index (χ0) is 11.0. The highest BCUT2D eigenvalue weighted by Gasteiger charge is 2.15. The molecule has 0 saturated heterocycles. The zero-order valence-electron chi connectivity index (χ0n) is 8.36. The number of nitrogens with two attached hydrogens (primary N) is 1. The van der Waals surface area contributed by atoms with Gasteiger partial charge in [0.05, 0.1) is 6.61 Å². The van der Waals surface area contributed by atoms with Gasteiger partial charge in [-0.25, -0.2) is 0 Å². The van der Waals surface area contributed by atoms with Crippen molar-refractivity contribution < 1.29 is 19.4 Å². The Bertz CT molecular complexity index is 193. The summed E-state index contributed by atoms with van der Waals surface area (Å²) in [7, 11) is 0. The minimum absolute atomic E-state index is 0.107. The van der Waals surface area contributed by atoms with Crippen molar-refractivity contribution in [2.24, 2.45) is 5.73 Å². The van der Waals surface area contributed by atoms with Crippen molar-refractivity contribution in [2.45, 2.75) is 38.6 Å². The molecule has 82 valence electrons. The molecule has 5 nitrogen and oxygen atoms in total. The third-order valence-corrected chi connectivity index (χ3v) is 1.71. The largest absolute Gasteiger partial charge is 0.481 e. The number of unbranched alkanes of at least 4 members (excludes halogenated alkanes) is 1. The molecule has 0 spiro atoms. The molecule has 0 aliphatic carbocycles. The molecule has 0 aromatic rings. The van der Waals surface area contributed by atoms with Crippen molar-refractivity contribution in [3.05, 3.63) is 0 Å². The normalized spacial score (nSPS) is 12.1. The molecule has 0 aliphatic heterocycles. The van der Waals surface area contributed by atoms with Crippen LogP contribution in [0.25, 0.3) is 0 Å². The first-order chi connectivity index (χ1) is 6.57. The minimum Gasteiger partial charge on any atom is -0.481 e. The second kappa shape index (κ2) is 7.32. The van der Waals surface area contributed by atoms with Crippen molar-refractivity contribution in [3.8, 4) is 0 Å². The van der Waals surface area contributed by atoms with E-state index in [1.807, 2.05) is 6.92 Å². The predicted octanol–water partition coefficient (Wildman–Crippen LogP) is 0.522. The quantitative estimate of drug-likeness (QED) is 0.465. The van der Waals surface area contributed by atoms with Gasteiger partial charge in [-0.3, -0.25) is 9.59 Å². The summed E-state index contributed by atoms with van der Waals surface area (Å²) >= 11 is 0. The van der Waals surface area contributed by atoms with Crippen LogP contribution in [0, 0.1) is 0 Å². The van der Waals surface area contributed by atoms with Crippen LogP contribution < -0.4 is 5.73 Å². The Morgan fingerprint density at radius 3 is 2.64 bits per heavy atom.